The maximum Gasteiger partial charge on any atom is 0.259 e. The Morgan fingerprint density at radius 2 is 1.54 bits per heavy atom. The highest BCUT2D eigenvalue weighted by Crippen LogP contribution is 2.26. The van der Waals surface area contributed by atoms with Crippen LogP contribution in [0.3, 0.4) is 0 Å². The summed E-state index contributed by atoms with van der Waals surface area (Å²) in [6.07, 6.45) is 0. The number of carbonyl (C=O) groups is 1. The summed E-state index contributed by atoms with van der Waals surface area (Å²) in [5.74, 6) is -1.14. The maximum atomic E-state index is 12.1. The van der Waals surface area contributed by atoms with Crippen molar-refractivity contribution in [2.24, 2.45) is 5.10 Å². The molecule has 0 radical (unpaired) electrons. The van der Waals surface area contributed by atoms with Crippen molar-refractivity contribution in [3.8, 4) is 6.07 Å². The third-order valence-corrected chi connectivity index (χ3v) is 4.66. The zero-order chi connectivity index (χ0) is 19.3. The lowest BCUT2D eigenvalue weighted by Crippen LogP contribution is -2.38. The molecule has 0 unspecified atom stereocenters. The van der Waals surface area contributed by atoms with Crippen molar-refractivity contribution in [2.75, 3.05) is 0 Å². The van der Waals surface area contributed by atoms with Crippen LogP contribution in [0.2, 0.25) is 20.1 Å². The standard InChI is InChI=1S/C16H9Cl4N5O/c17-10-5-1-3-8(13(10)19)12(7-21)24-25-16(22)23-15(26)9-4-2-6-11(18)14(9)20/h1-6H,(H3,22,23,25,26)/b24-12+. The Balaban J connectivity index is 2.13. The van der Waals surface area contributed by atoms with Gasteiger partial charge >= 0.3 is 0 Å². The van der Waals surface area contributed by atoms with Crippen molar-refractivity contribution in [3.63, 3.8) is 0 Å². The van der Waals surface area contributed by atoms with Crippen molar-refractivity contribution in [2.45, 2.75) is 0 Å². The second-order valence-corrected chi connectivity index (χ2v) is 6.29. The average Bonchev–Trinajstić information content (AvgIpc) is 2.61. The van der Waals surface area contributed by atoms with Crippen LogP contribution < -0.4 is 10.7 Å². The SMILES string of the molecule is N#C/C(=N\NC(=N)NC(=O)c1cccc(Cl)c1Cl)c1cccc(Cl)c1Cl. The number of amides is 1. The van der Waals surface area contributed by atoms with Crippen LogP contribution in [-0.2, 0) is 0 Å². The van der Waals surface area contributed by atoms with E-state index in [0.29, 0.717) is 0 Å². The highest BCUT2D eigenvalue weighted by atomic mass is 35.5. The first-order chi connectivity index (χ1) is 12.3. The van der Waals surface area contributed by atoms with Gasteiger partial charge in [0.2, 0.25) is 5.96 Å². The van der Waals surface area contributed by atoms with Crippen molar-refractivity contribution >= 4 is 64.0 Å². The summed E-state index contributed by atoms with van der Waals surface area (Å²) in [4.78, 5) is 12.1. The number of hydrogen-bond donors (Lipinski definition) is 3. The van der Waals surface area contributed by atoms with Gasteiger partial charge in [0.05, 0.1) is 25.7 Å². The van der Waals surface area contributed by atoms with E-state index in [2.05, 4.69) is 15.8 Å². The molecule has 1 amide bonds. The van der Waals surface area contributed by atoms with Crippen LogP contribution in [-0.4, -0.2) is 17.6 Å². The van der Waals surface area contributed by atoms with Crippen LogP contribution in [0, 0.1) is 16.7 Å². The fourth-order valence-corrected chi connectivity index (χ4v) is 2.61. The van der Waals surface area contributed by atoms with E-state index >= 15 is 0 Å². The Morgan fingerprint density at radius 1 is 1.00 bits per heavy atom. The Bertz CT molecular complexity index is 952. The molecule has 2 aromatic carbocycles. The Morgan fingerprint density at radius 3 is 2.12 bits per heavy atom. The van der Waals surface area contributed by atoms with Crippen molar-refractivity contribution < 1.29 is 4.79 Å². The topological polar surface area (TPSA) is 101 Å². The Hall–Kier alpha value is -2.30. The minimum Gasteiger partial charge on any atom is -0.291 e. The Labute approximate surface area is 168 Å². The number of halogens is 4. The van der Waals surface area contributed by atoms with Crippen LogP contribution >= 0.6 is 46.4 Å². The van der Waals surface area contributed by atoms with Gasteiger partial charge in [-0.25, -0.2) is 5.43 Å². The highest BCUT2D eigenvalue weighted by Gasteiger charge is 2.14. The number of nitrogens with one attached hydrogen (secondary N) is 3. The summed E-state index contributed by atoms with van der Waals surface area (Å²) in [6, 6.07) is 11.1. The van der Waals surface area contributed by atoms with Gasteiger partial charge in [0.1, 0.15) is 6.07 Å². The molecule has 132 valence electrons. The molecular formula is C16H9Cl4N5O. The van der Waals surface area contributed by atoms with Crippen LogP contribution in [0.1, 0.15) is 15.9 Å². The third-order valence-electron chi connectivity index (χ3n) is 3.03. The van der Waals surface area contributed by atoms with Crippen molar-refractivity contribution in [1.29, 1.82) is 10.7 Å². The molecule has 3 N–H and O–H groups in total. The molecule has 26 heavy (non-hydrogen) atoms. The molecule has 2 rings (SSSR count). The minimum atomic E-state index is -0.663. The number of nitrogens with zero attached hydrogens (tertiary/aromatic N) is 2. The second kappa shape index (κ2) is 8.88. The van der Waals surface area contributed by atoms with Crippen molar-refractivity contribution in [3.05, 3.63) is 67.6 Å². The lowest BCUT2D eigenvalue weighted by atomic mass is 10.1. The molecule has 0 fully saturated rings. The van der Waals surface area contributed by atoms with Gasteiger partial charge in [-0.05, 0) is 18.2 Å². The van der Waals surface area contributed by atoms with Gasteiger partial charge in [-0.1, -0.05) is 64.6 Å². The zero-order valence-electron chi connectivity index (χ0n) is 12.8. The van der Waals surface area contributed by atoms with Gasteiger partial charge in [0.15, 0.2) is 5.71 Å². The van der Waals surface area contributed by atoms with Crippen LogP contribution in [0.15, 0.2) is 41.5 Å². The van der Waals surface area contributed by atoms with E-state index in [9.17, 15) is 10.1 Å². The molecule has 0 spiro atoms. The molecule has 0 aliphatic carbocycles. The number of benzene rings is 2. The molecule has 0 bridgehead atoms. The largest absolute Gasteiger partial charge is 0.291 e. The first-order valence-corrected chi connectivity index (χ1v) is 8.38. The highest BCUT2D eigenvalue weighted by molar-refractivity contribution is 6.45. The monoisotopic (exact) mass is 427 g/mol. The lowest BCUT2D eigenvalue weighted by molar-refractivity contribution is 0.0976. The minimum absolute atomic E-state index is 0.0615. The number of hydrazone groups is 1. The van der Waals surface area contributed by atoms with E-state index in [-0.39, 0.29) is 36.9 Å². The molecule has 0 saturated carbocycles. The smallest absolute Gasteiger partial charge is 0.259 e. The predicted molar refractivity (Wildman–Crippen MR) is 103 cm³/mol. The van der Waals surface area contributed by atoms with Gasteiger partial charge in [-0.15, -0.1) is 0 Å². The van der Waals surface area contributed by atoms with Gasteiger partial charge < -0.3 is 0 Å². The number of guanidine groups is 1. The number of nitriles is 1. The van der Waals surface area contributed by atoms with E-state index in [4.69, 9.17) is 51.8 Å². The van der Waals surface area contributed by atoms with E-state index < -0.39 is 11.9 Å². The predicted octanol–water partition coefficient (Wildman–Crippen LogP) is 4.48. The molecule has 10 heteroatoms. The molecule has 6 nitrogen and oxygen atoms in total. The summed E-state index contributed by atoms with van der Waals surface area (Å²) in [5, 5.41) is 23.6. The van der Waals surface area contributed by atoms with Gasteiger partial charge in [-0.2, -0.15) is 10.4 Å². The maximum absolute atomic E-state index is 12.1. The van der Waals surface area contributed by atoms with Gasteiger partial charge in [0, 0.05) is 5.56 Å². The zero-order valence-corrected chi connectivity index (χ0v) is 15.8. The fraction of sp³-hybridized carbons (Fsp3) is 0. The number of hydrogen-bond acceptors (Lipinski definition) is 4. The molecule has 0 aliphatic rings. The molecule has 0 aliphatic heterocycles. The molecular weight excluding hydrogens is 420 g/mol. The molecule has 0 aromatic heterocycles. The van der Waals surface area contributed by atoms with Crippen LogP contribution in [0.25, 0.3) is 0 Å². The first-order valence-electron chi connectivity index (χ1n) is 6.87. The molecule has 2 aromatic rings. The summed E-state index contributed by atoms with van der Waals surface area (Å²) in [6.45, 7) is 0. The van der Waals surface area contributed by atoms with E-state index in [0.717, 1.165) is 0 Å². The van der Waals surface area contributed by atoms with E-state index in [1.807, 2.05) is 6.07 Å². The summed E-state index contributed by atoms with van der Waals surface area (Å²) in [7, 11) is 0. The molecule has 0 saturated heterocycles. The summed E-state index contributed by atoms with van der Waals surface area (Å²) in [5.41, 5.74) is 2.51. The van der Waals surface area contributed by atoms with Crippen LogP contribution in [0.4, 0.5) is 0 Å². The van der Waals surface area contributed by atoms with E-state index in [1.165, 1.54) is 12.1 Å². The second-order valence-electron chi connectivity index (χ2n) is 4.72. The van der Waals surface area contributed by atoms with E-state index in [1.54, 1.807) is 24.3 Å². The summed E-state index contributed by atoms with van der Waals surface area (Å²) >= 11 is 23.7. The average molecular weight is 429 g/mol. The lowest BCUT2D eigenvalue weighted by Gasteiger charge is -2.09. The fourth-order valence-electron chi connectivity index (χ4n) is 1.83. The van der Waals surface area contributed by atoms with Crippen LogP contribution in [0.5, 0.6) is 0 Å². The normalized spacial score (nSPS) is 10.8. The number of carbonyl (C=O) groups excluding carboxylic acids is 1. The summed E-state index contributed by atoms with van der Waals surface area (Å²) < 4.78 is 0. The van der Waals surface area contributed by atoms with Crippen molar-refractivity contribution in [1.82, 2.24) is 10.7 Å². The first kappa shape index (κ1) is 20.0. The quantitative estimate of drug-likeness (QED) is 0.381. The van der Waals surface area contributed by atoms with Gasteiger partial charge in [-0.3, -0.25) is 15.5 Å². The third kappa shape index (κ3) is 4.65. The molecule has 0 heterocycles. The number of rotatable bonds is 3. The molecule has 0 atom stereocenters. The van der Waals surface area contributed by atoms with Gasteiger partial charge in [0.25, 0.3) is 5.91 Å². The Kier molecular flexibility index (Phi) is 6.83.